The van der Waals surface area contributed by atoms with Crippen LogP contribution in [-0.2, 0) is 4.79 Å². The number of carboxylic acid groups (broad SMARTS) is 1. The molecule has 0 radical (unpaired) electrons. The van der Waals surface area contributed by atoms with Crippen LogP contribution in [-0.4, -0.2) is 52.7 Å². The number of aliphatic carboxylic acids is 1. The summed E-state index contributed by atoms with van der Waals surface area (Å²) < 4.78 is 0. The summed E-state index contributed by atoms with van der Waals surface area (Å²) in [5.74, 6) is -0.960. The van der Waals surface area contributed by atoms with Crippen LogP contribution >= 0.6 is 0 Å². The van der Waals surface area contributed by atoms with Gasteiger partial charge in [0, 0.05) is 25.7 Å². The van der Waals surface area contributed by atoms with E-state index >= 15 is 0 Å². The summed E-state index contributed by atoms with van der Waals surface area (Å²) in [6.45, 7) is 1.18. The maximum absolute atomic E-state index is 10.8. The average molecular weight is 208 g/mol. The van der Waals surface area contributed by atoms with E-state index in [1.807, 2.05) is 29.5 Å². The minimum Gasteiger partial charge on any atom is -0.478 e. The van der Waals surface area contributed by atoms with Crippen molar-refractivity contribution >= 4 is 12.2 Å². The molecule has 0 amide bonds. The Morgan fingerprint density at radius 2 is 2.40 bits per heavy atom. The third kappa shape index (κ3) is 1.84. The lowest BCUT2D eigenvalue weighted by molar-refractivity contribution is -0.132. The number of hydrazine groups is 2. The molecule has 6 nitrogen and oxygen atoms in total. The van der Waals surface area contributed by atoms with Crippen LogP contribution in [0.4, 0.5) is 0 Å². The molecule has 0 fully saturated rings. The number of hydrogen-bond acceptors (Lipinski definition) is 5. The van der Waals surface area contributed by atoms with Gasteiger partial charge >= 0.3 is 5.97 Å². The predicted molar refractivity (Wildman–Crippen MR) is 54.5 cm³/mol. The quantitative estimate of drug-likeness (QED) is 0.686. The summed E-state index contributed by atoms with van der Waals surface area (Å²) in [6.07, 6.45) is 6.88. The Bertz CT molecular complexity index is 361. The second kappa shape index (κ2) is 3.74. The van der Waals surface area contributed by atoms with E-state index < -0.39 is 5.97 Å². The first-order valence-electron chi connectivity index (χ1n) is 4.57. The number of carbonyl (C=O) groups is 1. The largest absolute Gasteiger partial charge is 0.478 e. The summed E-state index contributed by atoms with van der Waals surface area (Å²) in [5.41, 5.74) is 0.196. The van der Waals surface area contributed by atoms with E-state index in [1.54, 1.807) is 11.2 Å². The lowest BCUT2D eigenvalue weighted by atomic mass is 10.3. The van der Waals surface area contributed by atoms with E-state index in [-0.39, 0.29) is 5.57 Å². The molecule has 2 aliphatic rings. The minimum atomic E-state index is -0.960. The van der Waals surface area contributed by atoms with Gasteiger partial charge in [0.2, 0.25) is 0 Å². The molecule has 0 spiro atoms. The molecule has 2 heterocycles. The van der Waals surface area contributed by atoms with Crippen molar-refractivity contribution in [2.45, 2.75) is 0 Å². The van der Waals surface area contributed by atoms with Crippen molar-refractivity contribution in [2.24, 2.45) is 4.99 Å². The summed E-state index contributed by atoms with van der Waals surface area (Å²) >= 11 is 0. The molecule has 0 bridgehead atoms. The van der Waals surface area contributed by atoms with Crippen LogP contribution in [0, 0.1) is 0 Å². The summed E-state index contributed by atoms with van der Waals surface area (Å²) in [7, 11) is 1.90. The van der Waals surface area contributed by atoms with Gasteiger partial charge in [-0.1, -0.05) is 0 Å². The molecule has 0 aromatic heterocycles. The van der Waals surface area contributed by atoms with E-state index in [9.17, 15) is 4.79 Å². The summed E-state index contributed by atoms with van der Waals surface area (Å²) in [6, 6.07) is 0. The van der Waals surface area contributed by atoms with Crippen molar-refractivity contribution in [2.75, 3.05) is 20.3 Å². The SMILES string of the molecule is CN1C=CCN1N1C=C(C(=O)O)C=NC1. The number of rotatable bonds is 2. The molecule has 1 N–H and O–H groups in total. The lowest BCUT2D eigenvalue weighted by Gasteiger charge is -2.35. The Morgan fingerprint density at radius 1 is 1.60 bits per heavy atom. The van der Waals surface area contributed by atoms with Gasteiger partial charge in [0.15, 0.2) is 0 Å². The van der Waals surface area contributed by atoms with Crippen LogP contribution in [0.3, 0.4) is 0 Å². The van der Waals surface area contributed by atoms with Gasteiger partial charge in [-0.3, -0.25) is 15.0 Å². The van der Waals surface area contributed by atoms with Crippen LogP contribution in [0.15, 0.2) is 29.0 Å². The second-order valence-corrected chi connectivity index (χ2v) is 3.30. The number of hydrogen-bond donors (Lipinski definition) is 1. The monoisotopic (exact) mass is 208 g/mol. The van der Waals surface area contributed by atoms with Crippen LogP contribution in [0.25, 0.3) is 0 Å². The van der Waals surface area contributed by atoms with E-state index in [2.05, 4.69) is 4.99 Å². The molecule has 0 unspecified atom stereocenters. The molecule has 0 atom stereocenters. The molecule has 80 valence electrons. The van der Waals surface area contributed by atoms with Gasteiger partial charge in [-0.25, -0.2) is 4.79 Å². The van der Waals surface area contributed by atoms with Crippen molar-refractivity contribution in [1.29, 1.82) is 0 Å². The topological polar surface area (TPSA) is 59.4 Å². The maximum Gasteiger partial charge on any atom is 0.338 e. The zero-order chi connectivity index (χ0) is 10.8. The third-order valence-corrected chi connectivity index (χ3v) is 2.24. The first-order chi connectivity index (χ1) is 7.18. The molecule has 15 heavy (non-hydrogen) atoms. The number of aliphatic imine (C=N–C) groups is 1. The lowest BCUT2D eigenvalue weighted by Crippen LogP contribution is -2.45. The summed E-state index contributed by atoms with van der Waals surface area (Å²) in [5, 5.41) is 14.4. The fourth-order valence-electron chi connectivity index (χ4n) is 1.49. The van der Waals surface area contributed by atoms with Gasteiger partial charge in [0.1, 0.15) is 6.67 Å². The highest BCUT2D eigenvalue weighted by Crippen LogP contribution is 2.13. The zero-order valence-electron chi connectivity index (χ0n) is 8.37. The van der Waals surface area contributed by atoms with Crippen molar-refractivity contribution in [3.8, 4) is 0 Å². The molecular formula is C9H12N4O2. The Balaban J connectivity index is 2.12. The predicted octanol–water partition coefficient (Wildman–Crippen LogP) is -0.110. The average Bonchev–Trinajstić information content (AvgIpc) is 2.64. The molecule has 0 aliphatic carbocycles. The summed E-state index contributed by atoms with van der Waals surface area (Å²) in [4.78, 5) is 14.8. The highest BCUT2D eigenvalue weighted by molar-refractivity contribution is 6.08. The Hall–Kier alpha value is -1.82. The van der Waals surface area contributed by atoms with E-state index in [4.69, 9.17) is 5.11 Å². The molecule has 0 saturated heterocycles. The van der Waals surface area contributed by atoms with Gasteiger partial charge in [-0.05, 0) is 6.08 Å². The number of carboxylic acids is 1. The van der Waals surface area contributed by atoms with Crippen molar-refractivity contribution in [3.05, 3.63) is 24.0 Å². The smallest absolute Gasteiger partial charge is 0.338 e. The van der Waals surface area contributed by atoms with Gasteiger partial charge in [0.05, 0.1) is 12.1 Å². The van der Waals surface area contributed by atoms with Crippen molar-refractivity contribution in [3.63, 3.8) is 0 Å². The fourth-order valence-corrected chi connectivity index (χ4v) is 1.49. The van der Waals surface area contributed by atoms with Crippen LogP contribution in [0.2, 0.25) is 0 Å². The Labute approximate surface area is 87.3 Å². The van der Waals surface area contributed by atoms with Crippen LogP contribution in [0.1, 0.15) is 0 Å². The first kappa shape index (κ1) is 9.72. The van der Waals surface area contributed by atoms with E-state index in [1.165, 1.54) is 6.21 Å². The highest BCUT2D eigenvalue weighted by Gasteiger charge is 2.21. The van der Waals surface area contributed by atoms with E-state index in [0.717, 1.165) is 6.54 Å². The van der Waals surface area contributed by atoms with Crippen molar-refractivity contribution in [1.82, 2.24) is 15.1 Å². The van der Waals surface area contributed by atoms with Gasteiger partial charge in [-0.2, -0.15) is 0 Å². The van der Waals surface area contributed by atoms with Gasteiger partial charge in [-0.15, -0.1) is 5.12 Å². The molecular weight excluding hydrogens is 196 g/mol. The Kier molecular flexibility index (Phi) is 2.42. The number of nitrogens with zero attached hydrogens (tertiary/aromatic N) is 4. The Morgan fingerprint density at radius 3 is 3.00 bits per heavy atom. The highest BCUT2D eigenvalue weighted by atomic mass is 16.4. The fraction of sp³-hybridized carbons (Fsp3) is 0.333. The zero-order valence-corrected chi connectivity index (χ0v) is 8.37. The van der Waals surface area contributed by atoms with Crippen LogP contribution < -0.4 is 0 Å². The minimum absolute atomic E-state index is 0.196. The second-order valence-electron chi connectivity index (χ2n) is 3.30. The maximum atomic E-state index is 10.8. The molecule has 0 saturated carbocycles. The van der Waals surface area contributed by atoms with Gasteiger partial charge < -0.3 is 5.11 Å². The third-order valence-electron chi connectivity index (χ3n) is 2.24. The molecule has 0 aromatic carbocycles. The van der Waals surface area contributed by atoms with Crippen molar-refractivity contribution < 1.29 is 9.90 Å². The van der Waals surface area contributed by atoms with E-state index in [0.29, 0.717) is 6.67 Å². The molecule has 6 heteroatoms. The standard InChI is InChI=1S/C9H12N4O2/c1-11-3-2-4-13(11)12-6-8(9(14)15)5-10-7-12/h2-3,5-6H,4,7H2,1H3,(H,14,15). The molecule has 2 rings (SSSR count). The first-order valence-corrected chi connectivity index (χ1v) is 4.57. The van der Waals surface area contributed by atoms with Crippen LogP contribution in [0.5, 0.6) is 0 Å². The van der Waals surface area contributed by atoms with Gasteiger partial charge in [0.25, 0.3) is 0 Å². The normalized spacial score (nSPS) is 21.0. The molecule has 0 aromatic rings. The molecule has 2 aliphatic heterocycles.